The summed E-state index contributed by atoms with van der Waals surface area (Å²) in [5.41, 5.74) is -0.551. The Balaban J connectivity index is 2.47. The van der Waals surface area contributed by atoms with Crippen LogP contribution in [0.2, 0.25) is 0 Å². The average molecular weight is 415 g/mol. The van der Waals surface area contributed by atoms with Gasteiger partial charge < -0.3 is 18.6 Å². The van der Waals surface area contributed by atoms with Crippen molar-refractivity contribution in [3.05, 3.63) is 52.9 Å². The van der Waals surface area contributed by atoms with Crippen LogP contribution in [0.1, 0.15) is 60.3 Å². The molecule has 0 atom stereocenters. The normalized spacial score (nSPS) is 12.2. The van der Waals surface area contributed by atoms with E-state index in [1.165, 1.54) is 0 Å². The SMILES string of the molecule is CCC=CCCOc1c(OCCC=CCC)c2c(OC(C)(C)C)cccc2oc1=O. The summed E-state index contributed by atoms with van der Waals surface area (Å²) in [6.45, 7) is 10.9. The Bertz CT molecular complexity index is 916. The van der Waals surface area contributed by atoms with Crippen LogP contribution in [0.3, 0.4) is 0 Å². The van der Waals surface area contributed by atoms with E-state index < -0.39 is 11.2 Å². The van der Waals surface area contributed by atoms with Crippen LogP contribution in [0.4, 0.5) is 0 Å². The Morgan fingerprint density at radius 3 is 2.07 bits per heavy atom. The van der Waals surface area contributed by atoms with E-state index in [4.69, 9.17) is 18.6 Å². The van der Waals surface area contributed by atoms with Crippen LogP contribution >= 0.6 is 0 Å². The van der Waals surface area contributed by atoms with Gasteiger partial charge in [-0.05, 0) is 58.6 Å². The quantitative estimate of drug-likeness (QED) is 0.240. The lowest BCUT2D eigenvalue weighted by Crippen LogP contribution is -2.23. The maximum atomic E-state index is 12.7. The number of hydrogen-bond donors (Lipinski definition) is 0. The molecule has 1 aromatic carbocycles. The van der Waals surface area contributed by atoms with Gasteiger partial charge in [0.05, 0.1) is 13.2 Å². The van der Waals surface area contributed by atoms with Crippen LogP contribution in [0.25, 0.3) is 11.0 Å². The molecule has 0 aliphatic rings. The van der Waals surface area contributed by atoms with Crippen molar-refractivity contribution in [2.75, 3.05) is 13.2 Å². The summed E-state index contributed by atoms with van der Waals surface area (Å²) in [7, 11) is 0. The summed E-state index contributed by atoms with van der Waals surface area (Å²) in [6.07, 6.45) is 11.6. The molecule has 1 aromatic heterocycles. The van der Waals surface area contributed by atoms with E-state index in [2.05, 4.69) is 32.1 Å². The summed E-state index contributed by atoms with van der Waals surface area (Å²) in [6, 6.07) is 5.39. The number of ether oxygens (including phenoxy) is 3. The second-order valence-electron chi connectivity index (χ2n) is 7.93. The maximum absolute atomic E-state index is 12.7. The first kappa shape index (κ1) is 23.6. The lowest BCUT2D eigenvalue weighted by atomic mass is 10.1. The number of rotatable bonds is 11. The van der Waals surface area contributed by atoms with Crippen molar-refractivity contribution in [2.24, 2.45) is 0 Å². The number of fused-ring (bicyclic) bond motifs is 1. The molecule has 2 rings (SSSR count). The van der Waals surface area contributed by atoms with Crippen molar-refractivity contribution < 1.29 is 18.6 Å². The molecule has 0 amide bonds. The van der Waals surface area contributed by atoms with Gasteiger partial charge >= 0.3 is 5.63 Å². The van der Waals surface area contributed by atoms with Crippen molar-refractivity contribution in [1.29, 1.82) is 0 Å². The van der Waals surface area contributed by atoms with Gasteiger partial charge in [0.1, 0.15) is 22.3 Å². The van der Waals surface area contributed by atoms with E-state index in [1.54, 1.807) is 12.1 Å². The van der Waals surface area contributed by atoms with E-state index in [0.29, 0.717) is 42.1 Å². The van der Waals surface area contributed by atoms with Gasteiger partial charge in [0.2, 0.25) is 5.75 Å². The van der Waals surface area contributed by atoms with E-state index >= 15 is 0 Å². The van der Waals surface area contributed by atoms with Gasteiger partial charge in [0.15, 0.2) is 5.75 Å². The van der Waals surface area contributed by atoms with Crippen molar-refractivity contribution in [2.45, 2.75) is 65.9 Å². The zero-order valence-electron chi connectivity index (χ0n) is 18.8. The molecule has 0 saturated heterocycles. The molecular formula is C25H34O5. The minimum Gasteiger partial charge on any atom is -0.488 e. The van der Waals surface area contributed by atoms with Gasteiger partial charge in [0, 0.05) is 0 Å². The Kier molecular flexibility index (Phi) is 9.03. The lowest BCUT2D eigenvalue weighted by molar-refractivity contribution is 0.132. The first-order valence-electron chi connectivity index (χ1n) is 10.7. The molecule has 164 valence electrons. The zero-order chi connectivity index (χ0) is 22.0. The van der Waals surface area contributed by atoms with Gasteiger partial charge in [-0.2, -0.15) is 0 Å². The van der Waals surface area contributed by atoms with Crippen molar-refractivity contribution in [3.63, 3.8) is 0 Å². The summed E-state index contributed by atoms with van der Waals surface area (Å²) in [5.74, 6) is 1.07. The third kappa shape index (κ3) is 6.97. The molecule has 0 spiro atoms. The van der Waals surface area contributed by atoms with Crippen molar-refractivity contribution in [1.82, 2.24) is 0 Å². The van der Waals surface area contributed by atoms with Crippen LogP contribution in [-0.4, -0.2) is 18.8 Å². The summed E-state index contributed by atoms with van der Waals surface area (Å²) >= 11 is 0. The molecule has 0 unspecified atom stereocenters. The smallest absolute Gasteiger partial charge is 0.383 e. The van der Waals surface area contributed by atoms with E-state index in [0.717, 1.165) is 19.3 Å². The standard InChI is InChI=1S/C25H34O5/c1-6-8-10-12-17-27-22-21-19(15-14-16-20(21)30-25(3,4)5)29-24(26)23(22)28-18-13-11-9-7-2/h8-11,14-16H,6-7,12-13,17-18H2,1-5H3. The number of allylic oxidation sites excluding steroid dienone is 2. The largest absolute Gasteiger partial charge is 0.488 e. The van der Waals surface area contributed by atoms with Gasteiger partial charge in [-0.3, -0.25) is 0 Å². The first-order valence-corrected chi connectivity index (χ1v) is 10.7. The maximum Gasteiger partial charge on any atom is 0.383 e. The molecule has 0 fully saturated rings. The fourth-order valence-electron chi connectivity index (χ4n) is 2.88. The first-order chi connectivity index (χ1) is 14.4. The van der Waals surface area contributed by atoms with Gasteiger partial charge in [-0.1, -0.05) is 44.2 Å². The van der Waals surface area contributed by atoms with E-state index in [9.17, 15) is 4.79 Å². The number of benzene rings is 1. The zero-order valence-corrected chi connectivity index (χ0v) is 18.8. The average Bonchev–Trinajstić information content (AvgIpc) is 2.67. The van der Waals surface area contributed by atoms with Crippen molar-refractivity contribution in [3.8, 4) is 17.2 Å². The fourth-order valence-corrected chi connectivity index (χ4v) is 2.88. The Morgan fingerprint density at radius 1 is 0.900 bits per heavy atom. The fraction of sp³-hybridized carbons (Fsp3) is 0.480. The van der Waals surface area contributed by atoms with Gasteiger partial charge in [0.25, 0.3) is 0 Å². The molecule has 0 N–H and O–H groups in total. The second-order valence-corrected chi connectivity index (χ2v) is 7.93. The predicted octanol–water partition coefficient (Wildman–Crippen LogP) is 6.44. The molecule has 30 heavy (non-hydrogen) atoms. The van der Waals surface area contributed by atoms with Crippen LogP contribution in [0.15, 0.2) is 51.7 Å². The van der Waals surface area contributed by atoms with Gasteiger partial charge in [-0.25, -0.2) is 4.79 Å². The molecule has 0 saturated carbocycles. The highest BCUT2D eigenvalue weighted by Gasteiger charge is 2.23. The second kappa shape index (κ2) is 11.5. The van der Waals surface area contributed by atoms with Gasteiger partial charge in [-0.15, -0.1) is 0 Å². The van der Waals surface area contributed by atoms with Crippen LogP contribution in [0, 0.1) is 0 Å². The molecular weight excluding hydrogens is 380 g/mol. The highest BCUT2D eigenvalue weighted by atomic mass is 16.5. The molecule has 0 radical (unpaired) electrons. The summed E-state index contributed by atoms with van der Waals surface area (Å²) < 4.78 is 23.6. The lowest BCUT2D eigenvalue weighted by Gasteiger charge is -2.23. The predicted molar refractivity (Wildman–Crippen MR) is 122 cm³/mol. The molecule has 0 aliphatic carbocycles. The molecule has 1 heterocycles. The van der Waals surface area contributed by atoms with E-state index in [1.807, 2.05) is 32.9 Å². The minimum absolute atomic E-state index is 0.0943. The minimum atomic E-state index is -0.547. The molecule has 0 aliphatic heterocycles. The van der Waals surface area contributed by atoms with E-state index in [-0.39, 0.29) is 5.75 Å². The third-order valence-corrected chi connectivity index (χ3v) is 4.09. The topological polar surface area (TPSA) is 57.9 Å². The third-order valence-electron chi connectivity index (χ3n) is 4.09. The highest BCUT2D eigenvalue weighted by Crippen LogP contribution is 2.40. The van der Waals surface area contributed by atoms with Crippen LogP contribution < -0.4 is 19.8 Å². The van der Waals surface area contributed by atoms with Crippen molar-refractivity contribution >= 4 is 11.0 Å². The Labute approximate surface area is 179 Å². The molecule has 2 aromatic rings. The molecule has 5 nitrogen and oxygen atoms in total. The Hall–Kier alpha value is -2.69. The molecule has 0 bridgehead atoms. The number of hydrogen-bond acceptors (Lipinski definition) is 5. The van der Waals surface area contributed by atoms with Crippen LogP contribution in [-0.2, 0) is 0 Å². The summed E-state index contributed by atoms with van der Waals surface area (Å²) in [4.78, 5) is 12.7. The monoisotopic (exact) mass is 414 g/mol. The highest BCUT2D eigenvalue weighted by molar-refractivity contribution is 5.91. The Morgan fingerprint density at radius 2 is 1.50 bits per heavy atom. The molecule has 5 heteroatoms. The summed E-state index contributed by atoms with van der Waals surface area (Å²) in [5, 5.41) is 0.616. The van der Waals surface area contributed by atoms with Crippen LogP contribution in [0.5, 0.6) is 17.2 Å².